The maximum absolute atomic E-state index is 13.0. The smallest absolute Gasteiger partial charge is 0.353 e. The van der Waals surface area contributed by atoms with Gasteiger partial charge in [-0.1, -0.05) is 35.7 Å². The fraction of sp³-hybridized carbons (Fsp3) is 0.522. The van der Waals surface area contributed by atoms with Crippen LogP contribution in [0.15, 0.2) is 39.8 Å². The van der Waals surface area contributed by atoms with Crippen molar-refractivity contribution in [3.05, 3.63) is 40.4 Å². The van der Waals surface area contributed by atoms with Crippen LogP contribution in [0.1, 0.15) is 18.9 Å². The standard InChI is InChI=1S/C23H27ClF3N5OS2/c1-3-32(34-2)16-5-4-15(19(24)11-16)10-20(33)30-6-8-31(9-7-30)21-18-12-17(13-23(25,26)27)35-22(18)29-14-28-21/h4-5,11-12,14,17,22H,3,6-10,13H2,1-2H3. The Balaban J connectivity index is 1.35. The summed E-state index contributed by atoms with van der Waals surface area (Å²) < 4.78 is 40.7. The summed E-state index contributed by atoms with van der Waals surface area (Å²) in [6.45, 7) is 5.05. The van der Waals surface area contributed by atoms with E-state index in [1.54, 1.807) is 22.9 Å². The first-order valence-corrected chi connectivity index (χ1v) is 13.8. The van der Waals surface area contributed by atoms with Crippen LogP contribution in [0.25, 0.3) is 0 Å². The molecule has 1 aromatic rings. The van der Waals surface area contributed by atoms with Crippen LogP contribution < -0.4 is 4.31 Å². The van der Waals surface area contributed by atoms with Gasteiger partial charge in [0.15, 0.2) is 0 Å². The SMILES string of the molecule is CCN(SC)c1ccc(CC(=O)N2CCN(C3=NC=NC4SC(CC(F)(F)F)C=C34)CC2)c(Cl)c1. The van der Waals surface area contributed by atoms with E-state index in [4.69, 9.17) is 11.6 Å². The third-order valence-corrected chi connectivity index (χ3v) is 8.66. The van der Waals surface area contributed by atoms with Crippen LogP contribution in [0.4, 0.5) is 18.9 Å². The first-order valence-electron chi connectivity index (χ1n) is 11.3. The van der Waals surface area contributed by atoms with Gasteiger partial charge in [0.1, 0.15) is 17.5 Å². The number of aliphatic imine (C=N–C) groups is 2. The van der Waals surface area contributed by atoms with Gasteiger partial charge in [-0.3, -0.25) is 9.79 Å². The van der Waals surface area contributed by atoms with Gasteiger partial charge in [0, 0.05) is 60.5 Å². The fourth-order valence-electron chi connectivity index (χ4n) is 4.38. The number of hydrogen-bond acceptors (Lipinski definition) is 7. The summed E-state index contributed by atoms with van der Waals surface area (Å²) in [5.41, 5.74) is 2.53. The minimum atomic E-state index is -4.22. The third kappa shape index (κ3) is 6.29. The average molecular weight is 546 g/mol. The highest BCUT2D eigenvalue weighted by Gasteiger charge is 2.39. The predicted molar refractivity (Wildman–Crippen MR) is 140 cm³/mol. The molecule has 3 aliphatic rings. The monoisotopic (exact) mass is 545 g/mol. The van der Waals surface area contributed by atoms with Crippen LogP contribution in [-0.4, -0.2) is 83.7 Å². The Labute approximate surface area is 216 Å². The van der Waals surface area contributed by atoms with Gasteiger partial charge in [-0.15, -0.1) is 11.8 Å². The Morgan fingerprint density at radius 2 is 2.03 bits per heavy atom. The molecule has 6 nitrogen and oxygen atoms in total. The molecule has 0 spiro atoms. The summed E-state index contributed by atoms with van der Waals surface area (Å²) in [4.78, 5) is 25.4. The molecule has 0 N–H and O–H groups in total. The summed E-state index contributed by atoms with van der Waals surface area (Å²) in [7, 11) is 0. The number of alkyl halides is 3. The lowest BCUT2D eigenvalue weighted by Crippen LogP contribution is -2.52. The largest absolute Gasteiger partial charge is 0.390 e. The number of piperazine rings is 1. The fourth-order valence-corrected chi connectivity index (χ4v) is 6.50. The molecule has 3 heterocycles. The summed E-state index contributed by atoms with van der Waals surface area (Å²) in [5.74, 6) is 0.671. The predicted octanol–water partition coefficient (Wildman–Crippen LogP) is 4.89. The van der Waals surface area contributed by atoms with Crippen LogP contribution in [0, 0.1) is 0 Å². The molecule has 1 amide bonds. The van der Waals surface area contributed by atoms with E-state index in [1.807, 2.05) is 29.4 Å². The number of rotatable bonds is 6. The normalized spacial score (nSPS) is 22.1. The lowest BCUT2D eigenvalue weighted by atomic mass is 10.1. The molecule has 2 atom stereocenters. The number of anilines is 1. The lowest BCUT2D eigenvalue weighted by molar-refractivity contribution is -0.132. The summed E-state index contributed by atoms with van der Waals surface area (Å²) >= 11 is 9.30. The molecule has 0 aromatic heterocycles. The zero-order valence-corrected chi connectivity index (χ0v) is 21.9. The molecule has 0 aliphatic carbocycles. The minimum absolute atomic E-state index is 0.00224. The highest BCUT2D eigenvalue weighted by molar-refractivity contribution is 8.01. The van der Waals surface area contributed by atoms with Crippen LogP contribution in [0.5, 0.6) is 0 Å². The van der Waals surface area contributed by atoms with Crippen molar-refractivity contribution in [3.63, 3.8) is 0 Å². The van der Waals surface area contributed by atoms with Crippen LogP contribution in [0.3, 0.4) is 0 Å². The van der Waals surface area contributed by atoms with E-state index < -0.39 is 17.8 Å². The second kappa shape index (κ2) is 11.0. The van der Waals surface area contributed by atoms with Crippen molar-refractivity contribution in [2.75, 3.05) is 43.3 Å². The number of halogens is 4. The van der Waals surface area contributed by atoms with E-state index in [9.17, 15) is 18.0 Å². The molecule has 0 bridgehead atoms. The van der Waals surface area contributed by atoms with Crippen LogP contribution in [0.2, 0.25) is 5.02 Å². The van der Waals surface area contributed by atoms with Crippen molar-refractivity contribution < 1.29 is 18.0 Å². The van der Waals surface area contributed by atoms with Crippen LogP contribution in [-0.2, 0) is 11.2 Å². The Kier molecular flexibility index (Phi) is 8.27. The second-order valence-corrected chi connectivity index (χ2v) is 10.9. The maximum Gasteiger partial charge on any atom is 0.390 e. The maximum atomic E-state index is 13.0. The van der Waals surface area contributed by atoms with Gasteiger partial charge in [0.05, 0.1) is 12.8 Å². The Morgan fingerprint density at radius 1 is 1.29 bits per heavy atom. The molecule has 1 saturated heterocycles. The quantitative estimate of drug-likeness (QED) is 0.476. The molecular formula is C23H27ClF3N5OS2. The van der Waals surface area contributed by atoms with Gasteiger partial charge in [-0.05, 0) is 24.6 Å². The number of amidine groups is 1. The van der Waals surface area contributed by atoms with E-state index >= 15 is 0 Å². The van der Waals surface area contributed by atoms with Crippen LogP contribution >= 0.6 is 35.3 Å². The van der Waals surface area contributed by atoms with Gasteiger partial charge in [0.2, 0.25) is 5.91 Å². The molecular weight excluding hydrogens is 519 g/mol. The summed E-state index contributed by atoms with van der Waals surface area (Å²) in [6, 6.07) is 5.77. The first kappa shape index (κ1) is 26.2. The van der Waals surface area contributed by atoms with Crippen molar-refractivity contribution in [1.82, 2.24) is 9.80 Å². The summed E-state index contributed by atoms with van der Waals surface area (Å²) in [5, 5.41) is -0.438. The zero-order valence-electron chi connectivity index (χ0n) is 19.5. The van der Waals surface area contributed by atoms with Crippen molar-refractivity contribution >= 4 is 59.1 Å². The Bertz CT molecular complexity index is 1040. The second-order valence-electron chi connectivity index (χ2n) is 8.38. The molecule has 4 rings (SSSR count). The van der Waals surface area contributed by atoms with Crippen molar-refractivity contribution in [2.45, 2.75) is 36.6 Å². The average Bonchev–Trinajstić information content (AvgIpc) is 3.22. The zero-order chi connectivity index (χ0) is 25.2. The molecule has 35 heavy (non-hydrogen) atoms. The molecule has 1 aromatic carbocycles. The number of nitrogens with zero attached hydrogens (tertiary/aromatic N) is 5. The molecule has 190 valence electrons. The highest BCUT2D eigenvalue weighted by atomic mass is 35.5. The van der Waals surface area contributed by atoms with Gasteiger partial charge >= 0.3 is 6.18 Å². The van der Waals surface area contributed by atoms with Gasteiger partial charge in [-0.2, -0.15) is 13.2 Å². The number of carbonyl (C=O) groups excluding carboxylic acids is 1. The minimum Gasteiger partial charge on any atom is -0.353 e. The van der Waals surface area contributed by atoms with Gasteiger partial charge in [-0.25, -0.2) is 4.99 Å². The lowest BCUT2D eigenvalue weighted by Gasteiger charge is -2.37. The number of carbonyl (C=O) groups is 1. The van der Waals surface area contributed by atoms with Gasteiger partial charge < -0.3 is 14.1 Å². The molecule has 2 unspecified atom stereocenters. The summed E-state index contributed by atoms with van der Waals surface area (Å²) in [6.07, 6.45) is 0.214. The number of fused-ring (bicyclic) bond motifs is 1. The Morgan fingerprint density at radius 3 is 2.66 bits per heavy atom. The van der Waals surface area contributed by atoms with E-state index in [1.165, 1.54) is 18.1 Å². The van der Waals surface area contributed by atoms with E-state index in [-0.39, 0.29) is 17.7 Å². The van der Waals surface area contributed by atoms with Crippen molar-refractivity contribution in [2.24, 2.45) is 9.98 Å². The highest BCUT2D eigenvalue weighted by Crippen LogP contribution is 2.41. The third-order valence-electron chi connectivity index (χ3n) is 6.11. The number of hydrogen-bond donors (Lipinski definition) is 0. The topological polar surface area (TPSA) is 51.5 Å². The molecule has 12 heteroatoms. The molecule has 0 radical (unpaired) electrons. The first-order chi connectivity index (χ1) is 16.7. The number of benzene rings is 1. The Hall–Kier alpha value is -1.85. The molecule has 3 aliphatic heterocycles. The van der Waals surface area contributed by atoms with E-state index in [0.29, 0.717) is 37.0 Å². The number of amides is 1. The van der Waals surface area contributed by atoms with Crippen molar-refractivity contribution in [3.8, 4) is 0 Å². The van der Waals surface area contributed by atoms with Crippen molar-refractivity contribution in [1.29, 1.82) is 0 Å². The molecule has 1 fully saturated rings. The van der Waals surface area contributed by atoms with E-state index in [2.05, 4.69) is 21.2 Å². The number of thioether (sulfide) groups is 1. The van der Waals surface area contributed by atoms with E-state index in [0.717, 1.165) is 23.4 Å². The molecule has 0 saturated carbocycles. The van der Waals surface area contributed by atoms with Gasteiger partial charge in [0.25, 0.3) is 0 Å².